The van der Waals surface area contributed by atoms with Crippen molar-refractivity contribution in [2.45, 2.75) is 13.3 Å². The molecular formula is C22H29N7O2. The van der Waals surface area contributed by atoms with Gasteiger partial charge in [0.15, 0.2) is 5.65 Å². The first-order chi connectivity index (χ1) is 15.0. The van der Waals surface area contributed by atoms with Crippen LogP contribution in [0.1, 0.15) is 11.4 Å². The standard InChI is InChI=1S/C22H29N7O2/c1-16-25-21-19(14-24-27(21)2)22(26-16)29-12-10-28(11-13-29)15-20(30)23-9-8-17-4-6-18(31-3)7-5-17/h4-7,14H,8-13,15H2,1-3H3,(H,23,30). The number of fused-ring (bicyclic) bond motifs is 1. The quantitative estimate of drug-likeness (QED) is 0.610. The van der Waals surface area contributed by atoms with Gasteiger partial charge in [-0.15, -0.1) is 0 Å². The molecule has 164 valence electrons. The molecular weight excluding hydrogens is 394 g/mol. The molecule has 9 nitrogen and oxygen atoms in total. The van der Waals surface area contributed by atoms with Crippen LogP contribution in [0.5, 0.6) is 5.75 Å². The number of hydrogen-bond acceptors (Lipinski definition) is 7. The predicted octanol–water partition coefficient (Wildman–Crippen LogP) is 1.16. The van der Waals surface area contributed by atoms with E-state index in [2.05, 4.69) is 30.2 Å². The van der Waals surface area contributed by atoms with Crippen LogP contribution in [0.3, 0.4) is 0 Å². The number of anilines is 1. The highest BCUT2D eigenvalue weighted by molar-refractivity contribution is 5.87. The van der Waals surface area contributed by atoms with E-state index < -0.39 is 0 Å². The molecule has 0 bridgehead atoms. The lowest BCUT2D eigenvalue weighted by atomic mass is 10.1. The minimum atomic E-state index is 0.0643. The Bertz CT molecular complexity index is 1040. The van der Waals surface area contributed by atoms with Crippen LogP contribution in [0.25, 0.3) is 11.0 Å². The van der Waals surface area contributed by atoms with E-state index in [1.807, 2.05) is 44.4 Å². The van der Waals surface area contributed by atoms with E-state index in [0.717, 1.165) is 61.0 Å². The van der Waals surface area contributed by atoms with Gasteiger partial charge in [0.2, 0.25) is 5.91 Å². The van der Waals surface area contributed by atoms with Crippen LogP contribution < -0.4 is 15.0 Å². The molecule has 31 heavy (non-hydrogen) atoms. The Morgan fingerprint density at radius 3 is 2.58 bits per heavy atom. The Kier molecular flexibility index (Phi) is 6.31. The largest absolute Gasteiger partial charge is 0.497 e. The van der Waals surface area contributed by atoms with Crippen LogP contribution in [0, 0.1) is 6.92 Å². The predicted molar refractivity (Wildman–Crippen MR) is 119 cm³/mol. The number of carbonyl (C=O) groups is 1. The molecule has 1 aromatic carbocycles. The van der Waals surface area contributed by atoms with E-state index in [1.54, 1.807) is 11.8 Å². The zero-order valence-corrected chi connectivity index (χ0v) is 18.3. The maximum absolute atomic E-state index is 12.4. The molecule has 0 unspecified atom stereocenters. The first kappa shape index (κ1) is 21.0. The van der Waals surface area contributed by atoms with Crippen LogP contribution in [0.4, 0.5) is 5.82 Å². The van der Waals surface area contributed by atoms with Gasteiger partial charge < -0.3 is 15.0 Å². The Morgan fingerprint density at radius 2 is 1.87 bits per heavy atom. The third kappa shape index (κ3) is 4.93. The number of amides is 1. The summed E-state index contributed by atoms with van der Waals surface area (Å²) >= 11 is 0. The summed E-state index contributed by atoms with van der Waals surface area (Å²) in [6, 6.07) is 7.93. The first-order valence-electron chi connectivity index (χ1n) is 10.6. The molecule has 3 heterocycles. The minimum Gasteiger partial charge on any atom is -0.497 e. The number of carbonyl (C=O) groups excluding carboxylic acids is 1. The number of methoxy groups -OCH3 is 1. The Balaban J connectivity index is 1.25. The number of nitrogens with zero attached hydrogens (tertiary/aromatic N) is 6. The normalized spacial score (nSPS) is 14.7. The van der Waals surface area contributed by atoms with Gasteiger partial charge in [0.1, 0.15) is 17.4 Å². The van der Waals surface area contributed by atoms with Crippen molar-refractivity contribution in [3.8, 4) is 5.75 Å². The van der Waals surface area contributed by atoms with Gasteiger partial charge in [-0.3, -0.25) is 14.4 Å². The summed E-state index contributed by atoms with van der Waals surface area (Å²) in [6.45, 7) is 6.22. The molecule has 1 aliphatic heterocycles. The van der Waals surface area contributed by atoms with Crippen LogP contribution in [0.2, 0.25) is 0 Å². The summed E-state index contributed by atoms with van der Waals surface area (Å²) in [5, 5.41) is 8.32. The van der Waals surface area contributed by atoms with E-state index in [4.69, 9.17) is 4.74 Å². The number of ether oxygens (including phenoxy) is 1. The van der Waals surface area contributed by atoms with Gasteiger partial charge in [-0.1, -0.05) is 12.1 Å². The molecule has 0 saturated carbocycles. The number of nitrogens with one attached hydrogen (secondary N) is 1. The zero-order valence-electron chi connectivity index (χ0n) is 18.3. The lowest BCUT2D eigenvalue weighted by Gasteiger charge is -2.35. The summed E-state index contributed by atoms with van der Waals surface area (Å²) in [6.07, 6.45) is 2.63. The summed E-state index contributed by atoms with van der Waals surface area (Å²) < 4.78 is 6.95. The fraction of sp³-hybridized carbons (Fsp3) is 0.455. The summed E-state index contributed by atoms with van der Waals surface area (Å²) in [7, 11) is 3.55. The van der Waals surface area contributed by atoms with Crippen molar-refractivity contribution >= 4 is 22.8 Å². The van der Waals surface area contributed by atoms with Crippen LogP contribution in [-0.4, -0.2) is 76.9 Å². The van der Waals surface area contributed by atoms with Gasteiger partial charge >= 0.3 is 0 Å². The van der Waals surface area contributed by atoms with E-state index in [0.29, 0.717) is 13.1 Å². The van der Waals surface area contributed by atoms with Crippen molar-refractivity contribution in [2.75, 3.05) is 51.3 Å². The van der Waals surface area contributed by atoms with Gasteiger partial charge in [-0.05, 0) is 31.0 Å². The third-order valence-corrected chi connectivity index (χ3v) is 5.62. The number of aromatic nitrogens is 4. The highest BCUT2D eigenvalue weighted by Gasteiger charge is 2.22. The van der Waals surface area contributed by atoms with Crippen LogP contribution >= 0.6 is 0 Å². The summed E-state index contributed by atoms with van der Waals surface area (Å²) in [4.78, 5) is 26.0. The molecule has 0 atom stereocenters. The number of benzene rings is 1. The molecule has 3 aromatic rings. The fourth-order valence-electron chi connectivity index (χ4n) is 3.87. The minimum absolute atomic E-state index is 0.0643. The van der Waals surface area contributed by atoms with E-state index in [-0.39, 0.29) is 5.91 Å². The molecule has 1 fully saturated rings. The van der Waals surface area contributed by atoms with Gasteiger partial charge in [0.05, 0.1) is 25.2 Å². The average molecular weight is 424 g/mol. The SMILES string of the molecule is COc1ccc(CCNC(=O)CN2CCN(c3nc(C)nc4c3cnn4C)CC2)cc1. The molecule has 0 spiro atoms. The number of rotatable bonds is 7. The van der Waals surface area contributed by atoms with Gasteiger partial charge in [0.25, 0.3) is 0 Å². The maximum Gasteiger partial charge on any atom is 0.234 e. The summed E-state index contributed by atoms with van der Waals surface area (Å²) in [5.41, 5.74) is 2.03. The Hall–Kier alpha value is -3.20. The monoisotopic (exact) mass is 423 g/mol. The average Bonchev–Trinajstić information content (AvgIpc) is 3.15. The number of aryl methyl sites for hydroxylation is 2. The van der Waals surface area contributed by atoms with Gasteiger partial charge in [-0.25, -0.2) is 9.97 Å². The van der Waals surface area contributed by atoms with Crippen LogP contribution in [-0.2, 0) is 18.3 Å². The van der Waals surface area contributed by atoms with Gasteiger partial charge in [-0.2, -0.15) is 5.10 Å². The van der Waals surface area contributed by atoms with Crippen LogP contribution in [0.15, 0.2) is 30.5 Å². The topological polar surface area (TPSA) is 88.4 Å². The van der Waals surface area contributed by atoms with Crippen molar-refractivity contribution in [3.05, 3.63) is 41.9 Å². The van der Waals surface area contributed by atoms with Crippen molar-refractivity contribution in [3.63, 3.8) is 0 Å². The van der Waals surface area contributed by atoms with Crippen molar-refractivity contribution in [2.24, 2.45) is 7.05 Å². The van der Waals surface area contributed by atoms with Crippen molar-refractivity contribution < 1.29 is 9.53 Å². The van der Waals surface area contributed by atoms with E-state index in [1.165, 1.54) is 5.56 Å². The Labute approximate surface area is 182 Å². The summed E-state index contributed by atoms with van der Waals surface area (Å²) in [5.74, 6) is 2.58. The second kappa shape index (κ2) is 9.30. The lowest BCUT2D eigenvalue weighted by Crippen LogP contribution is -2.50. The highest BCUT2D eigenvalue weighted by Crippen LogP contribution is 2.24. The molecule has 2 aromatic heterocycles. The third-order valence-electron chi connectivity index (χ3n) is 5.62. The van der Waals surface area contributed by atoms with E-state index in [9.17, 15) is 4.79 Å². The molecule has 1 amide bonds. The molecule has 4 rings (SSSR count). The fourth-order valence-corrected chi connectivity index (χ4v) is 3.87. The number of hydrogen-bond donors (Lipinski definition) is 1. The molecule has 9 heteroatoms. The van der Waals surface area contributed by atoms with Gasteiger partial charge in [0, 0.05) is 39.8 Å². The Morgan fingerprint density at radius 1 is 1.13 bits per heavy atom. The highest BCUT2D eigenvalue weighted by atomic mass is 16.5. The zero-order chi connectivity index (χ0) is 21.8. The molecule has 0 aliphatic carbocycles. The molecule has 1 aliphatic rings. The second-order valence-corrected chi connectivity index (χ2v) is 7.81. The first-order valence-corrected chi connectivity index (χ1v) is 10.6. The lowest BCUT2D eigenvalue weighted by molar-refractivity contribution is -0.122. The molecule has 1 N–H and O–H groups in total. The molecule has 1 saturated heterocycles. The smallest absolute Gasteiger partial charge is 0.234 e. The van der Waals surface area contributed by atoms with E-state index >= 15 is 0 Å². The van der Waals surface area contributed by atoms with Crippen molar-refractivity contribution in [1.82, 2.24) is 30.0 Å². The van der Waals surface area contributed by atoms with Crippen molar-refractivity contribution in [1.29, 1.82) is 0 Å². The molecule has 0 radical (unpaired) electrons. The number of piperazine rings is 1. The second-order valence-electron chi connectivity index (χ2n) is 7.81. The maximum atomic E-state index is 12.4.